The molecule has 0 aliphatic carbocycles. The smallest absolute Gasteiger partial charge is 0.187 e. The van der Waals surface area contributed by atoms with Gasteiger partial charge in [0, 0.05) is 110 Å². The molecule has 0 aliphatic heterocycles. The van der Waals surface area contributed by atoms with Crippen molar-refractivity contribution in [3.05, 3.63) is 222 Å². The SMILES string of the molecule is CC(=O)c1ccc(-c2cc3c4cc(C)c5ccc6ccc7c(OC(C)(C)C)cc(c3s2)c2c7c6c5c42)cc1.Cc1cc2c3cc(-c4ncncn4)sc3c3cc(OC(C)(C)C)c4ccc5ccc1c1c5c4c3c21.[C-]#[N+]c1ccc(-c2cc3c4cc(C)c5ccc6ccc7c(OC(C)(C)C)cc(c3s2)c2c7c6c5c42)cc1. The third kappa shape index (κ3) is 9.21. The molecule has 24 rings (SSSR count). The average molecular weight is 1480 g/mol. The molecule has 0 bridgehead atoms. The summed E-state index contributed by atoms with van der Waals surface area (Å²) in [5.41, 5.74) is 6.74. The number of carbonyl (C=O) groups excluding carboxylic acids is 1. The normalized spacial score (nSPS) is 13.0. The van der Waals surface area contributed by atoms with E-state index in [0.717, 1.165) is 38.8 Å². The number of hydrogen-bond acceptors (Lipinski definition) is 10. The van der Waals surface area contributed by atoms with Gasteiger partial charge in [0.1, 0.15) is 46.7 Å². The maximum atomic E-state index is 11.8. The Morgan fingerprint density at radius 1 is 0.336 bits per heavy atom. The predicted molar refractivity (Wildman–Crippen MR) is 470 cm³/mol. The van der Waals surface area contributed by atoms with Crippen molar-refractivity contribution in [3.8, 4) is 48.8 Å². The molecule has 11 heteroatoms. The Morgan fingerprint density at radius 2 is 0.636 bits per heavy atom. The van der Waals surface area contributed by atoms with Crippen LogP contribution in [0.1, 0.15) is 96.3 Å². The number of aryl methyl sites for hydroxylation is 3. The highest BCUT2D eigenvalue weighted by atomic mass is 32.1. The summed E-state index contributed by atoms with van der Waals surface area (Å²) in [5, 5.41) is 43.5. The fourth-order valence-corrected chi connectivity index (χ4v) is 22.4. The second kappa shape index (κ2) is 22.4. The molecular formula is C99H70N4O4S3. The number of benzene rings is 17. The van der Waals surface area contributed by atoms with E-state index in [0.29, 0.717) is 11.5 Å². The Balaban J connectivity index is 0.000000102. The molecule has 0 fully saturated rings. The monoisotopic (exact) mass is 1470 g/mol. The third-order valence-electron chi connectivity index (χ3n) is 23.0. The summed E-state index contributed by atoms with van der Waals surface area (Å²) in [6, 6.07) is 64.1. The molecule has 0 saturated carbocycles. The fraction of sp³-hybridized carbons (Fsp3) is 0.162. The molecule has 20 aromatic carbocycles. The molecule has 0 N–H and O–H groups in total. The van der Waals surface area contributed by atoms with Gasteiger partial charge in [0.2, 0.25) is 0 Å². The molecule has 0 saturated heterocycles. The molecule has 8 nitrogen and oxygen atoms in total. The van der Waals surface area contributed by atoms with E-state index in [1.54, 1.807) is 30.9 Å². The van der Waals surface area contributed by atoms with Gasteiger partial charge in [-0.05, 0) is 269 Å². The summed E-state index contributed by atoms with van der Waals surface area (Å²) in [6.45, 7) is 34.7. The molecule has 0 atom stereocenters. The number of rotatable bonds is 7. The molecular weight excluding hydrogens is 1410 g/mol. The zero-order valence-electron chi connectivity index (χ0n) is 63.0. The van der Waals surface area contributed by atoms with Crippen LogP contribution in [-0.2, 0) is 0 Å². The Labute approximate surface area is 644 Å². The number of thiophene rings is 3. The van der Waals surface area contributed by atoms with E-state index in [1.807, 2.05) is 46.9 Å². The number of Topliss-reactive ketones (excluding diaryl/α,β-unsaturated/α-hetero) is 1. The minimum absolute atomic E-state index is 0.0924. The number of nitrogens with zero attached hydrogens (tertiary/aromatic N) is 4. The van der Waals surface area contributed by atoms with Crippen LogP contribution in [0.4, 0.5) is 5.69 Å². The van der Waals surface area contributed by atoms with Gasteiger partial charge in [-0.15, -0.1) is 34.0 Å². The molecule has 0 amide bonds. The molecule has 0 spiro atoms. The van der Waals surface area contributed by atoms with Crippen molar-refractivity contribution in [1.82, 2.24) is 15.0 Å². The van der Waals surface area contributed by atoms with Crippen LogP contribution in [0.15, 0.2) is 189 Å². The van der Waals surface area contributed by atoms with Gasteiger partial charge in [0.15, 0.2) is 17.3 Å². The van der Waals surface area contributed by atoms with Crippen LogP contribution in [0.5, 0.6) is 17.2 Å². The highest BCUT2D eigenvalue weighted by Gasteiger charge is 2.32. The third-order valence-corrected chi connectivity index (χ3v) is 26.6. The first-order chi connectivity index (χ1) is 52.9. The van der Waals surface area contributed by atoms with E-state index < -0.39 is 0 Å². The molecule has 0 radical (unpaired) electrons. The standard InChI is InChI=1S/C35H26O2S.C34H23NOS.C30H21N3OS/c1-17-14-24-25-16-28(20-8-6-19(7-9-20)18(2)36)38-34(25)26-15-27(37-35(3,4)5)23-13-11-21-10-12-22(17)30-29(21)31(23)33(26)32(24)30;1-17-14-23-24-16-27(18-6-10-20(35-5)11-7-18)37-33(24)25-15-26(36-34(2,3)4)22-13-9-19-8-12-21(17)29-28(19)30(22)32(25)31(23)29;1-14-9-18-19-11-22(29-32-12-31-13-33-29)35-28(19)20-10-21(34-30(2,3)4)17-8-6-15-5-7-16(14)24-23(15)25(17)27(20)26(18)24/h6-16H,1-5H3;6-16H,1-4H3;5-13H,1-4H3. The van der Waals surface area contributed by atoms with Crippen molar-refractivity contribution in [2.75, 3.05) is 0 Å². The van der Waals surface area contributed by atoms with E-state index in [2.05, 4.69) is 255 Å². The maximum absolute atomic E-state index is 11.8. The zero-order chi connectivity index (χ0) is 74.9. The largest absolute Gasteiger partial charge is 0.487 e. The van der Waals surface area contributed by atoms with Crippen molar-refractivity contribution in [3.63, 3.8) is 0 Å². The first kappa shape index (κ1) is 65.2. The summed E-state index contributed by atoms with van der Waals surface area (Å²) < 4.78 is 23.7. The van der Waals surface area contributed by atoms with Crippen LogP contribution in [0.25, 0.3) is 228 Å². The van der Waals surface area contributed by atoms with Gasteiger partial charge in [-0.2, -0.15) is 0 Å². The van der Waals surface area contributed by atoms with Crippen molar-refractivity contribution >= 4 is 237 Å². The number of ether oxygens (including phenoxy) is 3. The van der Waals surface area contributed by atoms with Crippen molar-refractivity contribution in [2.24, 2.45) is 0 Å². The molecule has 24 aromatic rings. The highest BCUT2D eigenvalue weighted by Crippen LogP contribution is 2.60. The lowest BCUT2D eigenvalue weighted by Crippen LogP contribution is -2.23. The first-order valence-electron chi connectivity index (χ1n) is 37.6. The van der Waals surface area contributed by atoms with Crippen LogP contribution in [0, 0.1) is 27.3 Å². The number of fused-ring (bicyclic) bond motifs is 9. The second-order valence-corrected chi connectivity index (χ2v) is 36.6. The van der Waals surface area contributed by atoms with E-state index in [9.17, 15) is 4.79 Å². The van der Waals surface area contributed by atoms with Crippen LogP contribution >= 0.6 is 34.0 Å². The van der Waals surface area contributed by atoms with Crippen molar-refractivity contribution < 1.29 is 19.0 Å². The molecule has 110 heavy (non-hydrogen) atoms. The van der Waals surface area contributed by atoms with Gasteiger partial charge in [0.05, 0.1) is 11.4 Å². The Bertz CT molecular complexity index is 7980. The van der Waals surface area contributed by atoms with E-state index >= 15 is 0 Å². The van der Waals surface area contributed by atoms with Crippen LogP contribution in [0.2, 0.25) is 0 Å². The van der Waals surface area contributed by atoms with Crippen LogP contribution in [-0.4, -0.2) is 37.5 Å². The summed E-state index contributed by atoms with van der Waals surface area (Å²) in [6.07, 6.45) is 3.13. The maximum Gasteiger partial charge on any atom is 0.187 e. The molecule has 0 unspecified atom stereocenters. The molecule has 4 heterocycles. The Hall–Kier alpha value is -11.9. The van der Waals surface area contributed by atoms with E-state index in [4.69, 9.17) is 20.8 Å². The minimum atomic E-state index is -0.304. The Morgan fingerprint density at radius 3 is 0.973 bits per heavy atom. The van der Waals surface area contributed by atoms with Crippen LogP contribution in [0.3, 0.4) is 0 Å². The zero-order valence-corrected chi connectivity index (χ0v) is 65.5. The lowest BCUT2D eigenvalue weighted by Gasteiger charge is -2.23. The van der Waals surface area contributed by atoms with Gasteiger partial charge in [0.25, 0.3) is 0 Å². The lowest BCUT2D eigenvalue weighted by atomic mass is 9.94. The van der Waals surface area contributed by atoms with Crippen LogP contribution < -0.4 is 14.2 Å². The van der Waals surface area contributed by atoms with E-state index in [-0.39, 0.29) is 22.6 Å². The average Bonchev–Trinajstić information content (AvgIpc) is 1.52. The minimum Gasteiger partial charge on any atom is -0.487 e. The second-order valence-electron chi connectivity index (χ2n) is 33.4. The van der Waals surface area contributed by atoms with Gasteiger partial charge in [-0.3, -0.25) is 4.79 Å². The number of aromatic nitrogens is 3. The van der Waals surface area contributed by atoms with E-state index in [1.165, 1.54) is 218 Å². The number of hydrogen-bond donors (Lipinski definition) is 0. The predicted octanol–water partition coefficient (Wildman–Crippen LogP) is 29.3. The van der Waals surface area contributed by atoms with Gasteiger partial charge in [-0.25, -0.2) is 19.8 Å². The molecule has 528 valence electrons. The van der Waals surface area contributed by atoms with Gasteiger partial charge >= 0.3 is 0 Å². The topological polar surface area (TPSA) is 87.8 Å². The Kier molecular flexibility index (Phi) is 13.3. The molecule has 0 aliphatic rings. The summed E-state index contributed by atoms with van der Waals surface area (Å²) in [4.78, 5) is 31.8. The van der Waals surface area contributed by atoms with Gasteiger partial charge < -0.3 is 14.2 Å². The summed E-state index contributed by atoms with van der Waals surface area (Å²) >= 11 is 5.43. The molecule has 4 aromatic heterocycles. The summed E-state index contributed by atoms with van der Waals surface area (Å²) in [7, 11) is 0. The van der Waals surface area contributed by atoms with Crippen molar-refractivity contribution in [1.29, 1.82) is 0 Å². The fourth-order valence-electron chi connectivity index (χ4n) is 18.8. The van der Waals surface area contributed by atoms with Crippen molar-refractivity contribution in [2.45, 2.75) is 107 Å². The number of ketones is 1. The number of carbonyl (C=O) groups is 1. The first-order valence-corrected chi connectivity index (χ1v) is 40.1. The van der Waals surface area contributed by atoms with Gasteiger partial charge in [-0.1, -0.05) is 121 Å². The lowest BCUT2D eigenvalue weighted by molar-refractivity contribution is 0.101. The highest BCUT2D eigenvalue weighted by molar-refractivity contribution is 7.24. The summed E-state index contributed by atoms with van der Waals surface area (Å²) in [5.74, 6) is 3.65. The quantitative estimate of drug-likeness (QED) is 0.0892.